The number of carboxylic acids is 1. The van der Waals surface area contributed by atoms with Gasteiger partial charge < -0.3 is 10.8 Å². The first-order valence-corrected chi connectivity index (χ1v) is 5.44. The highest BCUT2D eigenvalue weighted by Crippen LogP contribution is 2.35. The molecule has 3 heteroatoms. The van der Waals surface area contributed by atoms with E-state index in [0.717, 1.165) is 12.3 Å². The van der Waals surface area contributed by atoms with E-state index in [2.05, 4.69) is 6.92 Å². The lowest BCUT2D eigenvalue weighted by Gasteiger charge is -2.23. The maximum absolute atomic E-state index is 10.8. The van der Waals surface area contributed by atoms with Gasteiger partial charge in [0.05, 0.1) is 0 Å². The summed E-state index contributed by atoms with van der Waals surface area (Å²) in [6.07, 6.45) is 5.67. The molecule has 0 aliphatic heterocycles. The van der Waals surface area contributed by atoms with Gasteiger partial charge in [0.15, 0.2) is 0 Å². The van der Waals surface area contributed by atoms with Crippen molar-refractivity contribution in [1.82, 2.24) is 0 Å². The Balaban J connectivity index is 2.23. The zero-order chi connectivity index (χ0) is 10.8. The van der Waals surface area contributed by atoms with Crippen LogP contribution in [0.25, 0.3) is 0 Å². The molecule has 82 valence electrons. The number of carboxylic acid groups (broad SMARTS) is 1. The first kappa shape index (κ1) is 11.5. The fraction of sp³-hybridized carbons (Fsp3) is 0.909. The van der Waals surface area contributed by atoms with Gasteiger partial charge >= 0.3 is 5.97 Å². The summed E-state index contributed by atoms with van der Waals surface area (Å²) in [6.45, 7) is 3.69. The van der Waals surface area contributed by atoms with Crippen LogP contribution in [0.1, 0.15) is 46.0 Å². The van der Waals surface area contributed by atoms with E-state index >= 15 is 0 Å². The number of rotatable bonds is 6. The molecule has 0 aromatic rings. The van der Waals surface area contributed by atoms with Crippen LogP contribution in [0.15, 0.2) is 0 Å². The van der Waals surface area contributed by atoms with Crippen molar-refractivity contribution in [2.45, 2.75) is 51.5 Å². The minimum Gasteiger partial charge on any atom is -0.480 e. The molecule has 0 bridgehead atoms. The number of hydrogen-bond acceptors (Lipinski definition) is 2. The average molecular weight is 199 g/mol. The summed E-state index contributed by atoms with van der Waals surface area (Å²) in [5, 5.41) is 8.85. The summed E-state index contributed by atoms with van der Waals surface area (Å²) in [5.41, 5.74) is 4.63. The Morgan fingerprint density at radius 1 is 1.64 bits per heavy atom. The minimum atomic E-state index is -1.05. The summed E-state index contributed by atoms with van der Waals surface area (Å²) in [4.78, 5) is 10.8. The van der Waals surface area contributed by atoms with Gasteiger partial charge in [-0.2, -0.15) is 0 Å². The van der Waals surface area contributed by atoms with E-state index in [-0.39, 0.29) is 0 Å². The van der Waals surface area contributed by atoms with Crippen LogP contribution in [0.3, 0.4) is 0 Å². The van der Waals surface area contributed by atoms with Crippen LogP contribution >= 0.6 is 0 Å². The van der Waals surface area contributed by atoms with Crippen LogP contribution in [0, 0.1) is 11.8 Å². The van der Waals surface area contributed by atoms with E-state index in [9.17, 15) is 4.79 Å². The molecule has 0 spiro atoms. The van der Waals surface area contributed by atoms with E-state index in [1.165, 1.54) is 19.3 Å². The second kappa shape index (κ2) is 4.30. The molecule has 14 heavy (non-hydrogen) atoms. The Hall–Kier alpha value is -0.570. The largest absolute Gasteiger partial charge is 0.480 e. The second-order valence-corrected chi connectivity index (χ2v) is 5.05. The molecule has 1 fully saturated rings. The Morgan fingerprint density at radius 2 is 2.21 bits per heavy atom. The first-order chi connectivity index (χ1) is 6.42. The molecule has 0 radical (unpaired) electrons. The standard InChI is InChI=1S/C11H21NO2/c1-8(3-4-9-5-6-9)7-11(2,12)10(13)14/h8-9H,3-7,12H2,1-2H3,(H,13,14)/t8-,11+/m0/s1. The van der Waals surface area contributed by atoms with Crippen molar-refractivity contribution in [1.29, 1.82) is 0 Å². The summed E-state index contributed by atoms with van der Waals surface area (Å²) in [7, 11) is 0. The van der Waals surface area contributed by atoms with Crippen LogP contribution in [0.4, 0.5) is 0 Å². The van der Waals surface area contributed by atoms with Gasteiger partial charge in [-0.05, 0) is 25.2 Å². The highest BCUT2D eigenvalue weighted by Gasteiger charge is 2.30. The highest BCUT2D eigenvalue weighted by molar-refractivity contribution is 5.77. The van der Waals surface area contributed by atoms with Crippen molar-refractivity contribution in [2.24, 2.45) is 17.6 Å². The van der Waals surface area contributed by atoms with Crippen molar-refractivity contribution >= 4 is 5.97 Å². The van der Waals surface area contributed by atoms with Gasteiger partial charge in [-0.25, -0.2) is 0 Å². The molecule has 0 unspecified atom stereocenters. The van der Waals surface area contributed by atoms with Crippen LogP contribution in [-0.2, 0) is 4.79 Å². The van der Waals surface area contributed by atoms with Gasteiger partial charge in [0.2, 0.25) is 0 Å². The van der Waals surface area contributed by atoms with Crippen LogP contribution in [-0.4, -0.2) is 16.6 Å². The molecule has 1 aliphatic rings. The smallest absolute Gasteiger partial charge is 0.323 e. The van der Waals surface area contributed by atoms with E-state index in [4.69, 9.17) is 10.8 Å². The quantitative estimate of drug-likeness (QED) is 0.687. The fourth-order valence-corrected chi connectivity index (χ4v) is 1.84. The predicted octanol–water partition coefficient (Wildman–Crippen LogP) is 2.00. The minimum absolute atomic E-state index is 0.418. The summed E-state index contributed by atoms with van der Waals surface area (Å²) in [5.74, 6) is 0.448. The Morgan fingerprint density at radius 3 is 2.64 bits per heavy atom. The maximum atomic E-state index is 10.8. The highest BCUT2D eigenvalue weighted by atomic mass is 16.4. The maximum Gasteiger partial charge on any atom is 0.323 e. The zero-order valence-electron chi connectivity index (χ0n) is 9.12. The Kier molecular flexibility index (Phi) is 3.53. The number of aliphatic carboxylic acids is 1. The van der Waals surface area contributed by atoms with Gasteiger partial charge in [0.1, 0.15) is 5.54 Å². The molecule has 1 saturated carbocycles. The first-order valence-electron chi connectivity index (χ1n) is 5.44. The van der Waals surface area contributed by atoms with Crippen LogP contribution in [0.2, 0.25) is 0 Å². The van der Waals surface area contributed by atoms with Crippen molar-refractivity contribution < 1.29 is 9.90 Å². The third-order valence-corrected chi connectivity index (χ3v) is 3.03. The lowest BCUT2D eigenvalue weighted by Crippen LogP contribution is -2.46. The van der Waals surface area contributed by atoms with Gasteiger partial charge in [-0.1, -0.05) is 32.6 Å². The molecule has 0 saturated heterocycles. The number of nitrogens with two attached hydrogens (primary N) is 1. The Labute approximate surface area is 85.7 Å². The Bertz CT molecular complexity index is 209. The average Bonchev–Trinajstić information content (AvgIpc) is 2.82. The molecule has 3 N–H and O–H groups in total. The van der Waals surface area contributed by atoms with Crippen molar-refractivity contribution in [3.8, 4) is 0 Å². The molecule has 3 nitrogen and oxygen atoms in total. The van der Waals surface area contributed by atoms with E-state index in [1.54, 1.807) is 6.92 Å². The molecule has 1 rings (SSSR count). The van der Waals surface area contributed by atoms with E-state index in [0.29, 0.717) is 12.3 Å². The lowest BCUT2D eigenvalue weighted by atomic mass is 9.88. The summed E-state index contributed by atoms with van der Waals surface area (Å²) >= 11 is 0. The van der Waals surface area contributed by atoms with E-state index in [1.807, 2.05) is 0 Å². The predicted molar refractivity (Wildman–Crippen MR) is 56.0 cm³/mol. The fourth-order valence-electron chi connectivity index (χ4n) is 1.84. The monoisotopic (exact) mass is 199 g/mol. The molecule has 0 heterocycles. The lowest BCUT2D eigenvalue weighted by molar-refractivity contribution is -0.143. The van der Waals surface area contributed by atoms with Crippen molar-refractivity contribution in [3.63, 3.8) is 0 Å². The summed E-state index contributed by atoms with van der Waals surface area (Å²) < 4.78 is 0. The van der Waals surface area contributed by atoms with Crippen LogP contribution in [0.5, 0.6) is 0 Å². The number of hydrogen-bond donors (Lipinski definition) is 2. The second-order valence-electron chi connectivity index (χ2n) is 5.05. The van der Waals surface area contributed by atoms with Gasteiger partial charge in [-0.15, -0.1) is 0 Å². The van der Waals surface area contributed by atoms with Gasteiger partial charge in [0.25, 0.3) is 0 Å². The normalized spacial score (nSPS) is 22.8. The molecule has 0 aromatic heterocycles. The van der Waals surface area contributed by atoms with Gasteiger partial charge in [-0.3, -0.25) is 4.79 Å². The molecule has 0 aromatic carbocycles. The topological polar surface area (TPSA) is 63.3 Å². The molecular weight excluding hydrogens is 178 g/mol. The molecule has 0 amide bonds. The molecule has 1 aliphatic carbocycles. The third-order valence-electron chi connectivity index (χ3n) is 3.03. The molecular formula is C11H21NO2. The zero-order valence-corrected chi connectivity index (χ0v) is 9.12. The van der Waals surface area contributed by atoms with Crippen molar-refractivity contribution in [3.05, 3.63) is 0 Å². The van der Waals surface area contributed by atoms with Crippen molar-refractivity contribution in [2.75, 3.05) is 0 Å². The third kappa shape index (κ3) is 3.66. The van der Waals surface area contributed by atoms with Gasteiger partial charge in [0, 0.05) is 0 Å². The summed E-state index contributed by atoms with van der Waals surface area (Å²) in [6, 6.07) is 0. The SMILES string of the molecule is C[C@@H](CCC1CC1)C[C@@](C)(N)C(=O)O. The number of carbonyl (C=O) groups is 1. The van der Waals surface area contributed by atoms with E-state index < -0.39 is 11.5 Å². The molecule has 2 atom stereocenters. The van der Waals surface area contributed by atoms with Crippen LogP contribution < -0.4 is 5.73 Å².